The van der Waals surface area contributed by atoms with Gasteiger partial charge >= 0.3 is 0 Å². The predicted octanol–water partition coefficient (Wildman–Crippen LogP) is 4.29. The van der Waals surface area contributed by atoms with Crippen LogP contribution >= 0.6 is 11.6 Å². The molecule has 1 aliphatic heterocycles. The van der Waals surface area contributed by atoms with Crippen LogP contribution in [0.5, 0.6) is 0 Å². The molecule has 0 unspecified atom stereocenters. The van der Waals surface area contributed by atoms with Crippen LogP contribution in [0.1, 0.15) is 19.3 Å². The fraction of sp³-hybridized carbons (Fsp3) is 0.333. The molecule has 1 fully saturated rings. The summed E-state index contributed by atoms with van der Waals surface area (Å²) in [5.41, 5.74) is 3.66. The van der Waals surface area contributed by atoms with Crippen molar-refractivity contribution in [3.05, 3.63) is 48.0 Å². The summed E-state index contributed by atoms with van der Waals surface area (Å²) >= 11 is 5.83. The smallest absolute Gasteiger partial charge is 0.259 e. The van der Waals surface area contributed by atoms with Crippen LogP contribution in [0.4, 0.5) is 0 Å². The Labute approximate surface area is 173 Å². The average Bonchev–Trinajstić information content (AvgIpc) is 3.41. The standard InChI is InChI=1S/C21H21ClN6O/c22-19-7-5-16(13-23-19)21-25-20(26-29-21)15-4-6-18-17(12-15)24-14-28(18)11-10-27-8-2-1-3-9-27/h4-7,12-14H,1-3,8-11H2. The highest BCUT2D eigenvalue weighted by Crippen LogP contribution is 2.25. The molecule has 0 saturated carbocycles. The lowest BCUT2D eigenvalue weighted by Crippen LogP contribution is -2.32. The molecule has 29 heavy (non-hydrogen) atoms. The van der Waals surface area contributed by atoms with Gasteiger partial charge in [-0.1, -0.05) is 23.2 Å². The Balaban J connectivity index is 1.34. The third kappa shape index (κ3) is 3.88. The fourth-order valence-corrected chi connectivity index (χ4v) is 3.89. The zero-order valence-electron chi connectivity index (χ0n) is 16.0. The second-order valence-electron chi connectivity index (χ2n) is 7.34. The van der Waals surface area contributed by atoms with E-state index < -0.39 is 0 Å². The van der Waals surface area contributed by atoms with Gasteiger partial charge < -0.3 is 14.0 Å². The van der Waals surface area contributed by atoms with Gasteiger partial charge in [0.15, 0.2) is 0 Å². The molecular weight excluding hydrogens is 388 g/mol. The van der Waals surface area contributed by atoms with E-state index >= 15 is 0 Å². The fourth-order valence-electron chi connectivity index (χ4n) is 3.77. The number of hydrogen-bond acceptors (Lipinski definition) is 6. The molecule has 4 aromatic rings. The third-order valence-corrected chi connectivity index (χ3v) is 5.61. The lowest BCUT2D eigenvalue weighted by Gasteiger charge is -2.26. The molecule has 0 aliphatic carbocycles. The van der Waals surface area contributed by atoms with Gasteiger partial charge in [-0.3, -0.25) is 0 Å². The maximum Gasteiger partial charge on any atom is 0.259 e. The van der Waals surface area contributed by atoms with E-state index in [4.69, 9.17) is 16.1 Å². The minimum absolute atomic E-state index is 0.413. The molecule has 0 N–H and O–H groups in total. The monoisotopic (exact) mass is 408 g/mol. The van der Waals surface area contributed by atoms with Crippen molar-refractivity contribution in [1.29, 1.82) is 0 Å². The zero-order valence-corrected chi connectivity index (χ0v) is 16.7. The molecule has 5 rings (SSSR count). The Morgan fingerprint density at radius 3 is 2.66 bits per heavy atom. The quantitative estimate of drug-likeness (QED) is 0.459. The third-order valence-electron chi connectivity index (χ3n) is 5.39. The molecule has 1 saturated heterocycles. The van der Waals surface area contributed by atoms with E-state index in [1.807, 2.05) is 18.5 Å². The minimum Gasteiger partial charge on any atom is -0.334 e. The second kappa shape index (κ2) is 7.93. The number of benzene rings is 1. The summed E-state index contributed by atoms with van der Waals surface area (Å²) in [4.78, 5) is 15.7. The first-order chi connectivity index (χ1) is 14.3. The minimum atomic E-state index is 0.413. The van der Waals surface area contributed by atoms with Crippen LogP contribution in [0.3, 0.4) is 0 Å². The second-order valence-corrected chi connectivity index (χ2v) is 7.72. The van der Waals surface area contributed by atoms with Crippen LogP contribution in [0.2, 0.25) is 5.15 Å². The van der Waals surface area contributed by atoms with Gasteiger partial charge in [0.05, 0.1) is 22.9 Å². The maximum absolute atomic E-state index is 5.83. The molecule has 1 aromatic carbocycles. The summed E-state index contributed by atoms with van der Waals surface area (Å²) in [6.07, 6.45) is 7.52. The first-order valence-electron chi connectivity index (χ1n) is 9.89. The lowest BCUT2D eigenvalue weighted by atomic mass is 10.1. The molecule has 0 bridgehead atoms. The summed E-state index contributed by atoms with van der Waals surface area (Å²) in [6.45, 7) is 4.43. The average molecular weight is 409 g/mol. The first kappa shape index (κ1) is 18.3. The molecule has 8 heteroatoms. The van der Waals surface area contributed by atoms with Crippen LogP contribution in [0.15, 0.2) is 47.4 Å². The Hall–Kier alpha value is -2.77. The van der Waals surface area contributed by atoms with Crippen molar-refractivity contribution in [2.45, 2.75) is 25.8 Å². The van der Waals surface area contributed by atoms with Gasteiger partial charge in [0.2, 0.25) is 5.82 Å². The highest BCUT2D eigenvalue weighted by atomic mass is 35.5. The SMILES string of the molecule is Clc1ccc(-c2nc(-c3ccc4c(c3)ncn4CCN3CCCCC3)no2)cn1. The number of aromatic nitrogens is 5. The van der Waals surface area contributed by atoms with Gasteiger partial charge in [0.1, 0.15) is 5.15 Å². The number of likely N-dealkylation sites (tertiary alicyclic amines) is 1. The van der Waals surface area contributed by atoms with Crippen molar-refractivity contribution in [3.63, 3.8) is 0 Å². The number of fused-ring (bicyclic) bond motifs is 1. The predicted molar refractivity (Wildman–Crippen MR) is 112 cm³/mol. The molecule has 7 nitrogen and oxygen atoms in total. The van der Waals surface area contributed by atoms with E-state index in [0.717, 1.165) is 35.2 Å². The molecule has 3 aromatic heterocycles. The van der Waals surface area contributed by atoms with E-state index in [1.54, 1.807) is 18.3 Å². The van der Waals surface area contributed by atoms with Gasteiger partial charge in [0, 0.05) is 24.8 Å². The molecule has 0 spiro atoms. The van der Waals surface area contributed by atoms with Crippen LogP contribution in [-0.2, 0) is 6.54 Å². The molecule has 4 heterocycles. The summed E-state index contributed by atoms with van der Waals surface area (Å²) < 4.78 is 7.61. The highest BCUT2D eigenvalue weighted by molar-refractivity contribution is 6.29. The van der Waals surface area contributed by atoms with Crippen LogP contribution in [0, 0.1) is 0 Å². The molecule has 0 amide bonds. The summed E-state index contributed by atoms with van der Waals surface area (Å²) in [6, 6.07) is 9.59. The Bertz CT molecular complexity index is 1110. The zero-order chi connectivity index (χ0) is 19.6. The normalized spacial score (nSPS) is 15.2. The summed E-state index contributed by atoms with van der Waals surface area (Å²) in [7, 11) is 0. The Morgan fingerprint density at radius 1 is 0.966 bits per heavy atom. The van der Waals surface area contributed by atoms with Gasteiger partial charge in [0.25, 0.3) is 5.89 Å². The molecule has 1 aliphatic rings. The van der Waals surface area contributed by atoms with Crippen LogP contribution in [-0.4, -0.2) is 49.2 Å². The lowest BCUT2D eigenvalue weighted by molar-refractivity contribution is 0.221. The van der Waals surface area contributed by atoms with Crippen LogP contribution < -0.4 is 0 Å². The van der Waals surface area contributed by atoms with Gasteiger partial charge in [-0.2, -0.15) is 4.98 Å². The van der Waals surface area contributed by atoms with E-state index in [2.05, 4.69) is 35.6 Å². The van der Waals surface area contributed by atoms with Crippen LogP contribution in [0.25, 0.3) is 33.9 Å². The number of nitrogens with zero attached hydrogens (tertiary/aromatic N) is 6. The van der Waals surface area contributed by atoms with E-state index in [-0.39, 0.29) is 0 Å². The Kier molecular flexibility index (Phi) is 4.99. The number of halogens is 1. The topological polar surface area (TPSA) is 72.9 Å². The van der Waals surface area contributed by atoms with Crippen molar-refractivity contribution in [2.75, 3.05) is 19.6 Å². The first-order valence-corrected chi connectivity index (χ1v) is 10.3. The highest BCUT2D eigenvalue weighted by Gasteiger charge is 2.14. The largest absolute Gasteiger partial charge is 0.334 e. The summed E-state index contributed by atoms with van der Waals surface area (Å²) in [5.74, 6) is 0.941. The van der Waals surface area contributed by atoms with E-state index in [0.29, 0.717) is 16.9 Å². The number of imidazole rings is 1. The van der Waals surface area contributed by atoms with Crippen molar-refractivity contribution in [2.24, 2.45) is 0 Å². The molecular formula is C21H21ClN6O. The molecule has 0 radical (unpaired) electrons. The van der Waals surface area contributed by atoms with E-state index in [9.17, 15) is 0 Å². The molecule has 0 atom stereocenters. The van der Waals surface area contributed by atoms with Crippen molar-refractivity contribution < 1.29 is 4.52 Å². The van der Waals surface area contributed by atoms with Gasteiger partial charge in [-0.25, -0.2) is 9.97 Å². The Morgan fingerprint density at radius 2 is 1.83 bits per heavy atom. The van der Waals surface area contributed by atoms with Crippen molar-refractivity contribution in [3.8, 4) is 22.8 Å². The number of pyridine rings is 1. The number of piperidine rings is 1. The van der Waals surface area contributed by atoms with Gasteiger partial charge in [-0.15, -0.1) is 0 Å². The van der Waals surface area contributed by atoms with E-state index in [1.165, 1.54) is 32.4 Å². The number of hydrogen-bond donors (Lipinski definition) is 0. The van der Waals surface area contributed by atoms with Gasteiger partial charge in [-0.05, 0) is 56.3 Å². The van der Waals surface area contributed by atoms with Crippen molar-refractivity contribution in [1.82, 2.24) is 29.6 Å². The van der Waals surface area contributed by atoms with Crippen molar-refractivity contribution >= 4 is 22.6 Å². The molecule has 148 valence electrons. The summed E-state index contributed by atoms with van der Waals surface area (Å²) in [5, 5.41) is 4.53. The maximum atomic E-state index is 5.83. The number of rotatable bonds is 5.